The number of nitrogens with one attached hydrogen (secondary N) is 1. The van der Waals surface area contributed by atoms with E-state index in [0.29, 0.717) is 11.3 Å². The first-order valence-corrected chi connectivity index (χ1v) is 6.34. The van der Waals surface area contributed by atoms with E-state index in [4.69, 9.17) is 9.47 Å². The molecule has 0 bridgehead atoms. The summed E-state index contributed by atoms with van der Waals surface area (Å²) in [7, 11) is 1.73. The van der Waals surface area contributed by atoms with Gasteiger partial charge in [-0.25, -0.2) is 0 Å². The molecule has 0 aliphatic heterocycles. The molecule has 0 heterocycles. The molecule has 1 N–H and O–H groups in total. The Hall–Kier alpha value is -0.120. The highest BCUT2D eigenvalue weighted by atomic mass is 16.5. The lowest BCUT2D eigenvalue weighted by Gasteiger charge is -2.34. The van der Waals surface area contributed by atoms with Gasteiger partial charge in [0.15, 0.2) is 0 Å². The van der Waals surface area contributed by atoms with Crippen molar-refractivity contribution in [2.24, 2.45) is 11.3 Å². The number of hydrogen-bond donors (Lipinski definition) is 1. The molecule has 1 atom stereocenters. The van der Waals surface area contributed by atoms with Crippen LogP contribution in [0.4, 0.5) is 0 Å². The van der Waals surface area contributed by atoms with Crippen molar-refractivity contribution in [3.05, 3.63) is 0 Å². The van der Waals surface area contributed by atoms with Crippen LogP contribution in [0.2, 0.25) is 0 Å². The predicted molar refractivity (Wildman–Crippen MR) is 68.8 cm³/mol. The van der Waals surface area contributed by atoms with Crippen LogP contribution >= 0.6 is 0 Å². The quantitative estimate of drug-likeness (QED) is 0.585. The first-order valence-electron chi connectivity index (χ1n) is 6.34. The molecule has 3 heteroatoms. The Morgan fingerprint density at radius 2 is 1.94 bits per heavy atom. The van der Waals surface area contributed by atoms with E-state index in [1.165, 1.54) is 0 Å². The van der Waals surface area contributed by atoms with Crippen LogP contribution in [0.1, 0.15) is 34.1 Å². The highest BCUT2D eigenvalue weighted by molar-refractivity contribution is 4.80. The molecule has 0 radical (unpaired) electrons. The molecular weight excluding hydrogens is 202 g/mol. The van der Waals surface area contributed by atoms with Crippen molar-refractivity contribution in [3.63, 3.8) is 0 Å². The Labute approximate surface area is 101 Å². The standard InChI is InChI=1S/C13H29NO2/c1-6-16-9-7-13(4,12(2)3)11-14-8-10-15-5/h12,14H,6-11H2,1-5H3. The molecule has 16 heavy (non-hydrogen) atoms. The second kappa shape index (κ2) is 8.97. The van der Waals surface area contributed by atoms with Gasteiger partial charge in [-0.2, -0.15) is 0 Å². The molecule has 0 aliphatic carbocycles. The summed E-state index contributed by atoms with van der Waals surface area (Å²) in [6.45, 7) is 13.3. The first kappa shape index (κ1) is 15.9. The third kappa shape index (κ3) is 6.46. The predicted octanol–water partition coefficient (Wildman–Crippen LogP) is 2.31. The Kier molecular flexibility index (Phi) is 8.90. The van der Waals surface area contributed by atoms with Gasteiger partial charge in [-0.05, 0) is 24.7 Å². The fourth-order valence-electron chi connectivity index (χ4n) is 1.58. The average Bonchev–Trinajstić information content (AvgIpc) is 2.25. The molecule has 0 aromatic carbocycles. The van der Waals surface area contributed by atoms with Crippen LogP contribution < -0.4 is 5.32 Å². The lowest BCUT2D eigenvalue weighted by atomic mass is 9.76. The minimum absolute atomic E-state index is 0.308. The second-order valence-corrected chi connectivity index (χ2v) is 4.93. The van der Waals surface area contributed by atoms with Crippen LogP contribution in [0, 0.1) is 11.3 Å². The van der Waals surface area contributed by atoms with Crippen LogP contribution in [0.5, 0.6) is 0 Å². The van der Waals surface area contributed by atoms with Gasteiger partial charge >= 0.3 is 0 Å². The molecule has 0 fully saturated rings. The fourth-order valence-corrected chi connectivity index (χ4v) is 1.58. The Bertz CT molecular complexity index is 162. The van der Waals surface area contributed by atoms with E-state index < -0.39 is 0 Å². The Morgan fingerprint density at radius 1 is 1.25 bits per heavy atom. The van der Waals surface area contributed by atoms with Gasteiger partial charge in [-0.3, -0.25) is 0 Å². The minimum atomic E-state index is 0.308. The largest absolute Gasteiger partial charge is 0.383 e. The normalized spacial score (nSPS) is 15.4. The second-order valence-electron chi connectivity index (χ2n) is 4.93. The molecule has 0 saturated heterocycles. The molecule has 98 valence electrons. The summed E-state index contributed by atoms with van der Waals surface area (Å²) in [5.74, 6) is 0.656. The minimum Gasteiger partial charge on any atom is -0.383 e. The zero-order valence-electron chi connectivity index (χ0n) is 11.6. The van der Waals surface area contributed by atoms with Gasteiger partial charge in [0.05, 0.1) is 6.61 Å². The highest BCUT2D eigenvalue weighted by Gasteiger charge is 2.27. The molecule has 0 aromatic heterocycles. The summed E-state index contributed by atoms with van der Waals surface area (Å²) in [6.07, 6.45) is 1.11. The molecule has 0 spiro atoms. The molecule has 0 aliphatic rings. The van der Waals surface area contributed by atoms with Gasteiger partial charge in [0.1, 0.15) is 0 Å². The summed E-state index contributed by atoms with van der Waals surface area (Å²) in [5.41, 5.74) is 0.308. The molecule has 0 aromatic rings. The summed E-state index contributed by atoms with van der Waals surface area (Å²) >= 11 is 0. The molecule has 0 saturated carbocycles. The highest BCUT2D eigenvalue weighted by Crippen LogP contribution is 2.30. The van der Waals surface area contributed by atoms with Crippen LogP contribution in [0.25, 0.3) is 0 Å². The molecular formula is C13H29NO2. The Morgan fingerprint density at radius 3 is 2.44 bits per heavy atom. The average molecular weight is 231 g/mol. The number of methoxy groups -OCH3 is 1. The maximum Gasteiger partial charge on any atom is 0.0587 e. The zero-order chi connectivity index (χ0) is 12.4. The van der Waals surface area contributed by atoms with E-state index in [1.807, 2.05) is 6.92 Å². The van der Waals surface area contributed by atoms with E-state index in [0.717, 1.165) is 39.3 Å². The lowest BCUT2D eigenvalue weighted by molar-refractivity contribution is 0.0847. The lowest BCUT2D eigenvalue weighted by Crippen LogP contribution is -2.38. The van der Waals surface area contributed by atoms with Gasteiger partial charge < -0.3 is 14.8 Å². The topological polar surface area (TPSA) is 30.5 Å². The van der Waals surface area contributed by atoms with Crippen molar-refractivity contribution >= 4 is 0 Å². The molecule has 0 rings (SSSR count). The van der Waals surface area contributed by atoms with Crippen molar-refractivity contribution in [1.82, 2.24) is 5.32 Å². The van der Waals surface area contributed by atoms with Gasteiger partial charge in [-0.15, -0.1) is 0 Å². The van der Waals surface area contributed by atoms with Crippen molar-refractivity contribution in [1.29, 1.82) is 0 Å². The number of rotatable bonds is 10. The Balaban J connectivity index is 3.91. The SMILES string of the molecule is CCOCCC(C)(CNCCOC)C(C)C. The van der Waals surface area contributed by atoms with Crippen molar-refractivity contribution < 1.29 is 9.47 Å². The zero-order valence-corrected chi connectivity index (χ0v) is 11.6. The smallest absolute Gasteiger partial charge is 0.0587 e. The van der Waals surface area contributed by atoms with Crippen molar-refractivity contribution in [2.75, 3.05) is 40.0 Å². The van der Waals surface area contributed by atoms with Gasteiger partial charge in [0.25, 0.3) is 0 Å². The van der Waals surface area contributed by atoms with E-state index in [-0.39, 0.29) is 0 Å². The first-order chi connectivity index (χ1) is 7.56. The van der Waals surface area contributed by atoms with Gasteiger partial charge in [0.2, 0.25) is 0 Å². The van der Waals surface area contributed by atoms with E-state index in [1.54, 1.807) is 7.11 Å². The van der Waals surface area contributed by atoms with Crippen LogP contribution in [-0.2, 0) is 9.47 Å². The molecule has 0 amide bonds. The third-order valence-corrected chi connectivity index (χ3v) is 3.43. The van der Waals surface area contributed by atoms with Crippen molar-refractivity contribution in [2.45, 2.75) is 34.1 Å². The van der Waals surface area contributed by atoms with Crippen LogP contribution in [0.15, 0.2) is 0 Å². The number of ether oxygens (including phenoxy) is 2. The monoisotopic (exact) mass is 231 g/mol. The maximum absolute atomic E-state index is 5.45. The molecule has 1 unspecified atom stereocenters. The summed E-state index contributed by atoms with van der Waals surface area (Å²) in [6, 6.07) is 0. The van der Waals surface area contributed by atoms with Gasteiger partial charge in [-0.1, -0.05) is 20.8 Å². The van der Waals surface area contributed by atoms with Crippen LogP contribution in [0.3, 0.4) is 0 Å². The van der Waals surface area contributed by atoms with E-state index in [2.05, 4.69) is 26.1 Å². The summed E-state index contributed by atoms with van der Waals surface area (Å²) in [5, 5.41) is 3.45. The van der Waals surface area contributed by atoms with Crippen LogP contribution in [-0.4, -0.2) is 40.0 Å². The summed E-state index contributed by atoms with van der Waals surface area (Å²) in [4.78, 5) is 0. The third-order valence-electron chi connectivity index (χ3n) is 3.43. The number of hydrogen-bond acceptors (Lipinski definition) is 3. The fraction of sp³-hybridized carbons (Fsp3) is 1.00. The van der Waals surface area contributed by atoms with Gasteiger partial charge in [0, 0.05) is 33.4 Å². The molecule has 3 nitrogen and oxygen atoms in total. The van der Waals surface area contributed by atoms with E-state index >= 15 is 0 Å². The maximum atomic E-state index is 5.45. The summed E-state index contributed by atoms with van der Waals surface area (Å²) < 4.78 is 10.5. The van der Waals surface area contributed by atoms with E-state index in [9.17, 15) is 0 Å². The van der Waals surface area contributed by atoms with Crippen molar-refractivity contribution in [3.8, 4) is 0 Å².